The van der Waals surface area contributed by atoms with Gasteiger partial charge in [0.2, 0.25) is 11.7 Å². The van der Waals surface area contributed by atoms with E-state index in [-0.39, 0.29) is 10.9 Å². The lowest BCUT2D eigenvalue weighted by Crippen LogP contribution is -2.12. The third-order valence-electron chi connectivity index (χ3n) is 2.29. The molecule has 0 aliphatic rings. The Morgan fingerprint density at radius 1 is 1.38 bits per heavy atom. The zero-order chi connectivity index (χ0) is 12.1. The zero-order valence-corrected chi connectivity index (χ0v) is 11.8. The average Bonchev–Trinajstić information content (AvgIpc) is 2.73. The molecule has 0 aromatic carbocycles. The molecular formula is C11H19BrN2O2. The summed E-state index contributed by atoms with van der Waals surface area (Å²) in [7, 11) is 0. The van der Waals surface area contributed by atoms with Crippen molar-refractivity contribution in [1.29, 1.82) is 0 Å². The molecule has 2 unspecified atom stereocenters. The van der Waals surface area contributed by atoms with Gasteiger partial charge in [-0.2, -0.15) is 4.98 Å². The molecule has 0 saturated heterocycles. The summed E-state index contributed by atoms with van der Waals surface area (Å²) >= 11 is 3.49. The molecule has 0 fully saturated rings. The monoisotopic (exact) mass is 290 g/mol. The van der Waals surface area contributed by atoms with Crippen molar-refractivity contribution in [3.8, 4) is 0 Å². The summed E-state index contributed by atoms with van der Waals surface area (Å²) in [5.41, 5.74) is 0. The molecule has 1 aromatic rings. The van der Waals surface area contributed by atoms with Crippen LogP contribution >= 0.6 is 15.9 Å². The Kier molecular flexibility index (Phi) is 5.41. The summed E-state index contributed by atoms with van der Waals surface area (Å²) in [6.07, 6.45) is 0.835. The van der Waals surface area contributed by atoms with Crippen LogP contribution in [0.5, 0.6) is 0 Å². The summed E-state index contributed by atoms with van der Waals surface area (Å²) < 4.78 is 10.8. The van der Waals surface area contributed by atoms with Crippen molar-refractivity contribution in [1.82, 2.24) is 10.1 Å². The van der Waals surface area contributed by atoms with E-state index in [1.807, 2.05) is 6.92 Å². The van der Waals surface area contributed by atoms with E-state index in [4.69, 9.17) is 9.26 Å². The summed E-state index contributed by atoms with van der Waals surface area (Å²) in [6, 6.07) is 0. The predicted molar refractivity (Wildman–Crippen MR) is 65.5 cm³/mol. The summed E-state index contributed by atoms with van der Waals surface area (Å²) in [5, 5.41) is 3.98. The van der Waals surface area contributed by atoms with E-state index in [0.717, 1.165) is 6.42 Å². The first-order valence-corrected chi connectivity index (χ1v) is 6.60. The molecule has 0 N–H and O–H groups in total. The maximum atomic E-state index is 5.62. The molecule has 0 aliphatic heterocycles. The molecule has 0 bridgehead atoms. The van der Waals surface area contributed by atoms with Crippen LogP contribution in [0.4, 0.5) is 0 Å². The van der Waals surface area contributed by atoms with E-state index in [9.17, 15) is 0 Å². The zero-order valence-electron chi connectivity index (χ0n) is 10.2. The van der Waals surface area contributed by atoms with Gasteiger partial charge in [-0.15, -0.1) is 0 Å². The third-order valence-corrected chi connectivity index (χ3v) is 3.33. The fourth-order valence-electron chi connectivity index (χ4n) is 1.41. The number of hydrogen-bond donors (Lipinski definition) is 0. The van der Waals surface area contributed by atoms with Crippen LogP contribution in [-0.4, -0.2) is 16.7 Å². The molecule has 1 aromatic heterocycles. The Bertz CT molecular complexity index is 315. The Balaban J connectivity index is 2.81. The Morgan fingerprint density at radius 2 is 2.06 bits per heavy atom. The first-order valence-electron chi connectivity index (χ1n) is 5.69. The number of rotatable bonds is 6. The summed E-state index contributed by atoms with van der Waals surface area (Å²) in [4.78, 5) is 4.50. The van der Waals surface area contributed by atoms with Gasteiger partial charge in [-0.05, 0) is 19.3 Å². The molecule has 1 rings (SSSR count). The van der Waals surface area contributed by atoms with Gasteiger partial charge in [0.15, 0.2) is 0 Å². The molecule has 92 valence electrons. The maximum Gasteiger partial charge on any atom is 0.240 e. The first-order chi connectivity index (χ1) is 7.60. The van der Waals surface area contributed by atoms with Gasteiger partial charge in [0, 0.05) is 6.61 Å². The highest BCUT2D eigenvalue weighted by Crippen LogP contribution is 2.28. The Hall–Kier alpha value is -0.420. The quantitative estimate of drug-likeness (QED) is 0.751. The number of aromatic nitrogens is 2. The van der Waals surface area contributed by atoms with Gasteiger partial charge in [0.05, 0.1) is 4.83 Å². The molecule has 0 aliphatic carbocycles. The highest BCUT2D eigenvalue weighted by atomic mass is 79.9. The third kappa shape index (κ3) is 3.28. The van der Waals surface area contributed by atoms with Crippen LogP contribution in [0.15, 0.2) is 4.52 Å². The van der Waals surface area contributed by atoms with Crippen LogP contribution in [0.2, 0.25) is 0 Å². The Morgan fingerprint density at radius 3 is 2.56 bits per heavy atom. The number of halogens is 1. The second kappa shape index (κ2) is 6.35. The number of ether oxygens (including phenoxy) is 1. The van der Waals surface area contributed by atoms with Crippen LogP contribution in [0.3, 0.4) is 0 Å². The van der Waals surface area contributed by atoms with Gasteiger partial charge in [-0.1, -0.05) is 41.9 Å². The van der Waals surface area contributed by atoms with Gasteiger partial charge in [0.25, 0.3) is 0 Å². The van der Waals surface area contributed by atoms with E-state index in [0.29, 0.717) is 24.2 Å². The fourth-order valence-corrected chi connectivity index (χ4v) is 1.60. The van der Waals surface area contributed by atoms with Crippen LogP contribution in [0.1, 0.15) is 56.8 Å². The van der Waals surface area contributed by atoms with E-state index >= 15 is 0 Å². The number of alkyl halides is 1. The van der Waals surface area contributed by atoms with Gasteiger partial charge in [0.1, 0.15) is 6.10 Å². The lowest BCUT2D eigenvalue weighted by atomic mass is 10.1. The number of nitrogens with zero attached hydrogens (tertiary/aromatic N) is 2. The van der Waals surface area contributed by atoms with Crippen molar-refractivity contribution in [3.63, 3.8) is 0 Å². The largest absolute Gasteiger partial charge is 0.370 e. The van der Waals surface area contributed by atoms with Crippen LogP contribution < -0.4 is 0 Å². The first kappa shape index (κ1) is 13.6. The minimum Gasteiger partial charge on any atom is -0.370 e. The second-order valence-electron chi connectivity index (χ2n) is 3.99. The fraction of sp³-hybridized carbons (Fsp3) is 0.818. The molecule has 1 heterocycles. The van der Waals surface area contributed by atoms with Gasteiger partial charge in [-0.25, -0.2) is 0 Å². The molecule has 0 amide bonds. The highest BCUT2D eigenvalue weighted by Gasteiger charge is 2.23. The van der Waals surface area contributed by atoms with E-state index < -0.39 is 0 Å². The molecule has 5 heteroatoms. The summed E-state index contributed by atoms with van der Waals surface area (Å²) in [6.45, 7) is 8.85. The molecule has 0 radical (unpaired) electrons. The predicted octanol–water partition coefficient (Wildman–Crippen LogP) is 3.65. The van der Waals surface area contributed by atoms with Crippen molar-refractivity contribution >= 4 is 15.9 Å². The van der Waals surface area contributed by atoms with Gasteiger partial charge in [-0.3, -0.25) is 0 Å². The van der Waals surface area contributed by atoms with E-state index in [1.54, 1.807) is 0 Å². The lowest BCUT2D eigenvalue weighted by molar-refractivity contribution is 0.0217. The van der Waals surface area contributed by atoms with Crippen LogP contribution in [0.25, 0.3) is 0 Å². The molecule has 0 saturated carbocycles. The van der Waals surface area contributed by atoms with Crippen molar-refractivity contribution in [2.75, 3.05) is 6.61 Å². The SMILES string of the molecule is CCOC(c1noc(C(Br)CC)n1)C(C)C. The maximum absolute atomic E-state index is 5.62. The van der Waals surface area contributed by atoms with Crippen molar-refractivity contribution in [3.05, 3.63) is 11.7 Å². The number of hydrogen-bond acceptors (Lipinski definition) is 4. The van der Waals surface area contributed by atoms with Crippen molar-refractivity contribution in [2.24, 2.45) is 5.92 Å². The van der Waals surface area contributed by atoms with Crippen molar-refractivity contribution < 1.29 is 9.26 Å². The standard InChI is InChI=1S/C11H19BrN2O2/c1-5-8(12)11-13-10(14-16-11)9(7(3)4)15-6-2/h7-9H,5-6H2,1-4H3. The minimum absolute atomic E-state index is 0.0842. The van der Waals surface area contributed by atoms with Crippen LogP contribution in [0, 0.1) is 5.92 Å². The van der Waals surface area contributed by atoms with E-state index in [1.165, 1.54) is 0 Å². The molecule has 2 atom stereocenters. The van der Waals surface area contributed by atoms with Gasteiger partial charge < -0.3 is 9.26 Å². The highest BCUT2D eigenvalue weighted by molar-refractivity contribution is 9.09. The topological polar surface area (TPSA) is 48.2 Å². The normalized spacial score (nSPS) is 15.4. The van der Waals surface area contributed by atoms with E-state index in [2.05, 4.69) is 46.8 Å². The average molecular weight is 291 g/mol. The summed E-state index contributed by atoms with van der Waals surface area (Å²) in [5.74, 6) is 1.61. The molecule has 0 spiro atoms. The molecular weight excluding hydrogens is 272 g/mol. The van der Waals surface area contributed by atoms with Crippen molar-refractivity contribution in [2.45, 2.75) is 45.0 Å². The molecule has 4 nitrogen and oxygen atoms in total. The van der Waals surface area contributed by atoms with Crippen LogP contribution in [-0.2, 0) is 4.74 Å². The van der Waals surface area contributed by atoms with Gasteiger partial charge >= 0.3 is 0 Å². The second-order valence-corrected chi connectivity index (χ2v) is 5.09. The minimum atomic E-state index is -0.0842. The Labute approximate surface area is 105 Å². The molecule has 16 heavy (non-hydrogen) atoms. The lowest BCUT2D eigenvalue weighted by Gasteiger charge is -2.16. The smallest absolute Gasteiger partial charge is 0.240 e.